The molecule has 0 fully saturated rings. The van der Waals surface area contributed by atoms with E-state index in [1.807, 2.05) is 39.8 Å². The van der Waals surface area contributed by atoms with Gasteiger partial charge < -0.3 is 4.74 Å². The third-order valence-electron chi connectivity index (χ3n) is 3.51. The van der Waals surface area contributed by atoms with Gasteiger partial charge in [0.2, 0.25) is 0 Å². The SMILES string of the molecule is CCN(CC)C(C)C(=O)Oc1c(C)cc(C)cc1C.Cl. The van der Waals surface area contributed by atoms with E-state index in [4.69, 9.17) is 4.74 Å². The number of rotatable bonds is 5. The molecule has 0 N–H and O–H groups in total. The van der Waals surface area contributed by atoms with E-state index < -0.39 is 0 Å². The second kappa shape index (κ2) is 8.28. The molecule has 114 valence electrons. The maximum Gasteiger partial charge on any atom is 0.328 e. The molecule has 1 rings (SSSR count). The van der Waals surface area contributed by atoms with Gasteiger partial charge in [-0.1, -0.05) is 31.5 Å². The van der Waals surface area contributed by atoms with E-state index in [0.717, 1.165) is 24.2 Å². The summed E-state index contributed by atoms with van der Waals surface area (Å²) in [6, 6.07) is 3.87. The lowest BCUT2D eigenvalue weighted by molar-refractivity contribution is -0.139. The Kier molecular flexibility index (Phi) is 7.84. The molecule has 1 atom stereocenters. The summed E-state index contributed by atoms with van der Waals surface area (Å²) in [5.41, 5.74) is 3.21. The predicted octanol–water partition coefficient (Wildman–Crippen LogP) is 3.67. The first-order chi connectivity index (χ1) is 8.90. The van der Waals surface area contributed by atoms with Crippen molar-refractivity contribution in [2.75, 3.05) is 13.1 Å². The van der Waals surface area contributed by atoms with E-state index in [1.165, 1.54) is 5.56 Å². The maximum atomic E-state index is 12.2. The van der Waals surface area contributed by atoms with Crippen LogP contribution in [0.1, 0.15) is 37.5 Å². The lowest BCUT2D eigenvalue weighted by Gasteiger charge is -2.25. The van der Waals surface area contributed by atoms with E-state index in [2.05, 4.69) is 18.7 Å². The number of likely N-dealkylation sites (N-methyl/N-ethyl adjacent to an activating group) is 1. The van der Waals surface area contributed by atoms with Crippen LogP contribution in [0, 0.1) is 20.8 Å². The van der Waals surface area contributed by atoms with Crippen LogP contribution in [0.5, 0.6) is 5.75 Å². The van der Waals surface area contributed by atoms with E-state index in [-0.39, 0.29) is 24.4 Å². The Morgan fingerprint density at radius 2 is 1.60 bits per heavy atom. The van der Waals surface area contributed by atoms with Crippen LogP contribution in [0.4, 0.5) is 0 Å². The standard InChI is InChI=1S/C16H25NO2.ClH/c1-7-17(8-2)14(6)16(18)19-15-12(4)9-11(3)10-13(15)5;/h9-10,14H,7-8H2,1-6H3;1H. The fourth-order valence-electron chi connectivity index (χ4n) is 2.43. The van der Waals surface area contributed by atoms with E-state index in [9.17, 15) is 4.79 Å². The third-order valence-corrected chi connectivity index (χ3v) is 3.51. The molecule has 0 saturated heterocycles. The average Bonchev–Trinajstić information content (AvgIpc) is 2.34. The van der Waals surface area contributed by atoms with Gasteiger partial charge >= 0.3 is 5.97 Å². The molecule has 1 unspecified atom stereocenters. The van der Waals surface area contributed by atoms with Gasteiger partial charge in [-0.15, -0.1) is 12.4 Å². The Balaban J connectivity index is 0.00000361. The van der Waals surface area contributed by atoms with Crippen LogP contribution in [0.2, 0.25) is 0 Å². The molecule has 0 aliphatic heterocycles. The van der Waals surface area contributed by atoms with Crippen LogP contribution in [0.15, 0.2) is 12.1 Å². The molecule has 0 amide bonds. The number of carbonyl (C=O) groups excluding carboxylic acids is 1. The molecule has 0 spiro atoms. The van der Waals surface area contributed by atoms with Gasteiger partial charge in [0, 0.05) is 0 Å². The summed E-state index contributed by atoms with van der Waals surface area (Å²) in [7, 11) is 0. The largest absolute Gasteiger partial charge is 0.425 e. The third kappa shape index (κ3) is 4.50. The first-order valence-electron chi connectivity index (χ1n) is 6.94. The lowest BCUT2D eigenvalue weighted by atomic mass is 10.1. The second-order valence-electron chi connectivity index (χ2n) is 5.05. The van der Waals surface area contributed by atoms with Crippen molar-refractivity contribution in [1.82, 2.24) is 4.90 Å². The molecule has 0 aromatic heterocycles. The van der Waals surface area contributed by atoms with Crippen molar-refractivity contribution in [3.05, 3.63) is 28.8 Å². The first-order valence-corrected chi connectivity index (χ1v) is 6.94. The van der Waals surface area contributed by atoms with Crippen molar-refractivity contribution < 1.29 is 9.53 Å². The number of carbonyl (C=O) groups is 1. The molecule has 20 heavy (non-hydrogen) atoms. The van der Waals surface area contributed by atoms with E-state index >= 15 is 0 Å². The number of esters is 1. The normalized spacial score (nSPS) is 11.9. The van der Waals surface area contributed by atoms with Crippen LogP contribution in [0.3, 0.4) is 0 Å². The van der Waals surface area contributed by atoms with Gasteiger partial charge in [0.15, 0.2) is 0 Å². The number of ether oxygens (including phenoxy) is 1. The highest BCUT2D eigenvalue weighted by atomic mass is 35.5. The van der Waals surface area contributed by atoms with Crippen LogP contribution < -0.4 is 4.74 Å². The van der Waals surface area contributed by atoms with Crippen molar-refractivity contribution in [2.45, 2.75) is 47.6 Å². The van der Waals surface area contributed by atoms with Gasteiger partial charge in [0.25, 0.3) is 0 Å². The lowest BCUT2D eigenvalue weighted by Crippen LogP contribution is -2.41. The van der Waals surface area contributed by atoms with Gasteiger partial charge in [-0.25, -0.2) is 4.79 Å². The van der Waals surface area contributed by atoms with Crippen molar-refractivity contribution in [3.63, 3.8) is 0 Å². The van der Waals surface area contributed by atoms with E-state index in [0.29, 0.717) is 5.75 Å². The van der Waals surface area contributed by atoms with Crippen molar-refractivity contribution in [2.24, 2.45) is 0 Å². The summed E-state index contributed by atoms with van der Waals surface area (Å²) in [5, 5.41) is 0. The minimum atomic E-state index is -0.213. The number of benzene rings is 1. The number of hydrogen-bond acceptors (Lipinski definition) is 3. The average molecular weight is 300 g/mol. The van der Waals surface area contributed by atoms with E-state index in [1.54, 1.807) is 0 Å². The summed E-state index contributed by atoms with van der Waals surface area (Å²) < 4.78 is 5.60. The van der Waals surface area contributed by atoms with Crippen LogP contribution in [-0.2, 0) is 4.79 Å². The zero-order valence-corrected chi connectivity index (χ0v) is 14.1. The van der Waals surface area contributed by atoms with Gasteiger partial charge in [-0.05, 0) is 51.9 Å². The zero-order valence-electron chi connectivity index (χ0n) is 13.3. The molecule has 1 aromatic carbocycles. The molecule has 0 radical (unpaired) electrons. The predicted molar refractivity (Wildman–Crippen MR) is 85.9 cm³/mol. The van der Waals surface area contributed by atoms with Crippen molar-refractivity contribution >= 4 is 18.4 Å². The Hall–Kier alpha value is -1.06. The zero-order chi connectivity index (χ0) is 14.6. The molecule has 4 heteroatoms. The molecule has 0 aliphatic rings. The monoisotopic (exact) mass is 299 g/mol. The number of halogens is 1. The second-order valence-corrected chi connectivity index (χ2v) is 5.05. The Labute approximate surface area is 128 Å². The maximum absolute atomic E-state index is 12.2. The fraction of sp³-hybridized carbons (Fsp3) is 0.562. The topological polar surface area (TPSA) is 29.5 Å². The molecule has 1 aromatic rings. The van der Waals surface area contributed by atoms with Crippen molar-refractivity contribution in [1.29, 1.82) is 0 Å². The Morgan fingerprint density at radius 3 is 2.00 bits per heavy atom. The number of aryl methyl sites for hydroxylation is 3. The molecular weight excluding hydrogens is 274 g/mol. The van der Waals surface area contributed by atoms with Gasteiger partial charge in [-0.3, -0.25) is 4.90 Å². The summed E-state index contributed by atoms with van der Waals surface area (Å²) >= 11 is 0. The van der Waals surface area contributed by atoms with Gasteiger partial charge in [0.05, 0.1) is 0 Å². The first kappa shape index (κ1) is 18.9. The molecular formula is C16H26ClNO2. The minimum absolute atomic E-state index is 0. The van der Waals surface area contributed by atoms with Crippen LogP contribution >= 0.6 is 12.4 Å². The minimum Gasteiger partial charge on any atom is -0.425 e. The van der Waals surface area contributed by atoms with Crippen molar-refractivity contribution in [3.8, 4) is 5.75 Å². The Morgan fingerprint density at radius 1 is 1.15 bits per heavy atom. The number of hydrogen-bond donors (Lipinski definition) is 0. The summed E-state index contributed by atoms with van der Waals surface area (Å²) in [6.07, 6.45) is 0. The fourth-order valence-corrected chi connectivity index (χ4v) is 2.43. The van der Waals surface area contributed by atoms with Crippen LogP contribution in [-0.4, -0.2) is 30.0 Å². The van der Waals surface area contributed by atoms with Gasteiger partial charge in [-0.2, -0.15) is 0 Å². The molecule has 0 heterocycles. The summed E-state index contributed by atoms with van der Waals surface area (Å²) in [5.74, 6) is 0.522. The van der Waals surface area contributed by atoms with Gasteiger partial charge in [0.1, 0.15) is 11.8 Å². The molecule has 0 saturated carbocycles. The molecule has 0 aliphatic carbocycles. The highest BCUT2D eigenvalue weighted by molar-refractivity contribution is 5.85. The Bertz CT molecular complexity index is 433. The smallest absolute Gasteiger partial charge is 0.328 e. The number of nitrogens with zero attached hydrogens (tertiary/aromatic N) is 1. The summed E-state index contributed by atoms with van der Waals surface area (Å²) in [6.45, 7) is 13.7. The quantitative estimate of drug-likeness (QED) is 0.614. The highest BCUT2D eigenvalue weighted by Gasteiger charge is 2.22. The summed E-state index contributed by atoms with van der Waals surface area (Å²) in [4.78, 5) is 14.3. The van der Waals surface area contributed by atoms with Crippen LogP contribution in [0.25, 0.3) is 0 Å². The highest BCUT2D eigenvalue weighted by Crippen LogP contribution is 2.25. The molecule has 3 nitrogen and oxygen atoms in total. The molecule has 0 bridgehead atoms.